The normalized spacial score (nSPS) is 10.6. The van der Waals surface area contributed by atoms with E-state index in [-0.39, 0.29) is 21.4 Å². The van der Waals surface area contributed by atoms with Crippen molar-refractivity contribution in [2.24, 2.45) is 0 Å². The molecule has 96 valence electrons. The summed E-state index contributed by atoms with van der Waals surface area (Å²) in [6.45, 7) is 2.10. The number of benzene rings is 1. The van der Waals surface area contributed by atoms with Gasteiger partial charge in [-0.15, -0.1) is 0 Å². The van der Waals surface area contributed by atoms with Gasteiger partial charge in [0.2, 0.25) is 0 Å². The number of ketones is 1. The van der Waals surface area contributed by atoms with Crippen molar-refractivity contribution in [2.45, 2.75) is 6.92 Å². The zero-order valence-corrected chi connectivity index (χ0v) is 11.0. The molecule has 0 radical (unpaired) electrons. The van der Waals surface area contributed by atoms with Gasteiger partial charge in [-0.05, 0) is 19.1 Å². The van der Waals surface area contributed by atoms with E-state index in [2.05, 4.69) is 0 Å². The SMILES string of the molecule is CCOc1cc(Cl)c(Cl)cc1C(=O)/C=C/C(=O)O. The van der Waals surface area contributed by atoms with Crippen molar-refractivity contribution < 1.29 is 19.4 Å². The molecule has 1 N–H and O–H groups in total. The van der Waals surface area contributed by atoms with Gasteiger partial charge in [0, 0.05) is 12.1 Å². The Morgan fingerprint density at radius 3 is 2.44 bits per heavy atom. The molecule has 18 heavy (non-hydrogen) atoms. The fourth-order valence-electron chi connectivity index (χ4n) is 1.23. The van der Waals surface area contributed by atoms with E-state index in [1.165, 1.54) is 12.1 Å². The first-order valence-corrected chi connectivity index (χ1v) is 5.78. The Bertz CT molecular complexity index is 509. The first kappa shape index (κ1) is 14.5. The largest absolute Gasteiger partial charge is 0.493 e. The highest BCUT2D eigenvalue weighted by atomic mass is 35.5. The van der Waals surface area contributed by atoms with Crippen molar-refractivity contribution in [3.8, 4) is 5.75 Å². The smallest absolute Gasteiger partial charge is 0.328 e. The Balaban J connectivity index is 3.17. The number of carbonyl (C=O) groups excluding carboxylic acids is 1. The third-order valence-electron chi connectivity index (χ3n) is 1.97. The molecule has 0 fully saturated rings. The average molecular weight is 289 g/mol. The van der Waals surface area contributed by atoms with Crippen molar-refractivity contribution in [1.82, 2.24) is 0 Å². The second kappa shape index (κ2) is 6.42. The highest BCUT2D eigenvalue weighted by molar-refractivity contribution is 6.42. The van der Waals surface area contributed by atoms with Crippen LogP contribution in [0.1, 0.15) is 17.3 Å². The fraction of sp³-hybridized carbons (Fsp3) is 0.167. The summed E-state index contributed by atoms with van der Waals surface area (Å²) in [7, 11) is 0. The lowest BCUT2D eigenvalue weighted by atomic mass is 10.1. The number of allylic oxidation sites excluding steroid dienone is 1. The van der Waals surface area contributed by atoms with E-state index < -0.39 is 11.8 Å². The van der Waals surface area contributed by atoms with Gasteiger partial charge in [-0.25, -0.2) is 4.79 Å². The topological polar surface area (TPSA) is 63.6 Å². The predicted molar refractivity (Wildman–Crippen MR) is 68.7 cm³/mol. The molecule has 4 nitrogen and oxygen atoms in total. The van der Waals surface area contributed by atoms with Crippen molar-refractivity contribution in [3.05, 3.63) is 39.9 Å². The van der Waals surface area contributed by atoms with E-state index in [0.717, 1.165) is 12.2 Å². The van der Waals surface area contributed by atoms with E-state index in [9.17, 15) is 9.59 Å². The number of halogens is 2. The number of hydrogen-bond acceptors (Lipinski definition) is 3. The number of aliphatic carboxylic acids is 1. The predicted octanol–water partition coefficient (Wildman–Crippen LogP) is 3.22. The number of carboxylic acids is 1. The fourth-order valence-corrected chi connectivity index (χ4v) is 1.55. The van der Waals surface area contributed by atoms with Crippen LogP contribution in [0.3, 0.4) is 0 Å². The Morgan fingerprint density at radius 2 is 1.89 bits per heavy atom. The Morgan fingerprint density at radius 1 is 1.28 bits per heavy atom. The Labute approximate surface area is 114 Å². The van der Waals surface area contributed by atoms with E-state index >= 15 is 0 Å². The van der Waals surface area contributed by atoms with E-state index in [0.29, 0.717) is 6.61 Å². The Hall–Kier alpha value is -1.52. The first-order valence-electron chi connectivity index (χ1n) is 5.03. The first-order chi connectivity index (χ1) is 8.45. The van der Waals surface area contributed by atoms with Gasteiger partial charge in [0.1, 0.15) is 5.75 Å². The van der Waals surface area contributed by atoms with Crippen LogP contribution in [0.15, 0.2) is 24.3 Å². The third kappa shape index (κ3) is 3.75. The molecule has 0 saturated heterocycles. The standard InChI is InChI=1S/C12H10Cl2O4/c1-2-18-11-6-9(14)8(13)5-7(11)10(15)3-4-12(16)17/h3-6H,2H2,1H3,(H,16,17)/b4-3+. The van der Waals surface area contributed by atoms with Crippen LogP contribution in [0.2, 0.25) is 10.0 Å². The van der Waals surface area contributed by atoms with Gasteiger partial charge in [-0.1, -0.05) is 23.2 Å². The van der Waals surface area contributed by atoms with E-state index in [1.807, 2.05) is 0 Å². The van der Waals surface area contributed by atoms with Gasteiger partial charge in [-0.3, -0.25) is 4.79 Å². The van der Waals surface area contributed by atoms with Crippen LogP contribution in [-0.4, -0.2) is 23.5 Å². The lowest BCUT2D eigenvalue weighted by Crippen LogP contribution is -2.03. The maximum Gasteiger partial charge on any atom is 0.328 e. The van der Waals surface area contributed by atoms with Crippen LogP contribution >= 0.6 is 23.2 Å². The summed E-state index contributed by atoms with van der Waals surface area (Å²) in [4.78, 5) is 22.1. The second-order valence-electron chi connectivity index (χ2n) is 3.23. The quantitative estimate of drug-likeness (QED) is 0.667. The molecule has 6 heteroatoms. The van der Waals surface area contributed by atoms with Gasteiger partial charge in [-0.2, -0.15) is 0 Å². The van der Waals surface area contributed by atoms with Gasteiger partial charge < -0.3 is 9.84 Å². The molecule has 0 aliphatic rings. The maximum absolute atomic E-state index is 11.8. The van der Waals surface area contributed by atoms with Crippen LogP contribution in [0, 0.1) is 0 Å². The molecular weight excluding hydrogens is 279 g/mol. The lowest BCUT2D eigenvalue weighted by Gasteiger charge is -2.09. The van der Waals surface area contributed by atoms with Crippen LogP contribution < -0.4 is 4.74 Å². The molecule has 0 bridgehead atoms. The summed E-state index contributed by atoms with van der Waals surface area (Å²) in [5.41, 5.74) is 0.170. The average Bonchev–Trinajstić information content (AvgIpc) is 2.30. The number of carbonyl (C=O) groups is 2. The maximum atomic E-state index is 11.8. The zero-order chi connectivity index (χ0) is 13.7. The van der Waals surface area contributed by atoms with Crippen molar-refractivity contribution in [1.29, 1.82) is 0 Å². The summed E-state index contributed by atoms with van der Waals surface area (Å²) < 4.78 is 5.26. The summed E-state index contributed by atoms with van der Waals surface area (Å²) in [6.07, 6.45) is 1.69. The molecule has 0 heterocycles. The van der Waals surface area contributed by atoms with Gasteiger partial charge in [0.25, 0.3) is 0 Å². The molecule has 0 spiro atoms. The van der Waals surface area contributed by atoms with Crippen LogP contribution in [0.25, 0.3) is 0 Å². The van der Waals surface area contributed by atoms with Crippen molar-refractivity contribution >= 4 is 35.0 Å². The Kier molecular flexibility index (Phi) is 5.19. The molecule has 0 amide bonds. The van der Waals surface area contributed by atoms with E-state index in [1.54, 1.807) is 6.92 Å². The lowest BCUT2D eigenvalue weighted by molar-refractivity contribution is -0.131. The minimum absolute atomic E-state index is 0.170. The highest BCUT2D eigenvalue weighted by Crippen LogP contribution is 2.31. The molecule has 0 aliphatic heterocycles. The molecule has 0 saturated carbocycles. The number of rotatable bonds is 5. The second-order valence-corrected chi connectivity index (χ2v) is 4.05. The summed E-state index contributed by atoms with van der Waals surface area (Å²) in [6, 6.07) is 2.78. The van der Waals surface area contributed by atoms with Crippen molar-refractivity contribution in [3.63, 3.8) is 0 Å². The van der Waals surface area contributed by atoms with Crippen LogP contribution in [0.5, 0.6) is 5.75 Å². The monoisotopic (exact) mass is 288 g/mol. The molecule has 0 aliphatic carbocycles. The van der Waals surface area contributed by atoms with Crippen LogP contribution in [0.4, 0.5) is 0 Å². The molecule has 1 aromatic rings. The van der Waals surface area contributed by atoms with Crippen molar-refractivity contribution in [2.75, 3.05) is 6.61 Å². The number of hydrogen-bond donors (Lipinski definition) is 1. The van der Waals surface area contributed by atoms with Gasteiger partial charge in [0.15, 0.2) is 5.78 Å². The molecule has 1 rings (SSSR count). The minimum atomic E-state index is -1.21. The minimum Gasteiger partial charge on any atom is -0.493 e. The van der Waals surface area contributed by atoms with Gasteiger partial charge in [0.05, 0.1) is 22.2 Å². The number of ether oxygens (including phenoxy) is 1. The van der Waals surface area contributed by atoms with E-state index in [4.69, 9.17) is 33.0 Å². The molecule has 0 aromatic heterocycles. The molecular formula is C12H10Cl2O4. The molecule has 0 atom stereocenters. The summed E-state index contributed by atoms with van der Waals surface area (Å²) in [5.74, 6) is -1.45. The number of carboxylic acid groups (broad SMARTS) is 1. The molecule has 0 unspecified atom stereocenters. The molecule has 1 aromatic carbocycles. The summed E-state index contributed by atoms with van der Waals surface area (Å²) >= 11 is 11.6. The summed E-state index contributed by atoms with van der Waals surface area (Å²) in [5, 5.41) is 8.93. The third-order valence-corrected chi connectivity index (χ3v) is 2.69. The van der Waals surface area contributed by atoms with Crippen LogP contribution in [-0.2, 0) is 4.79 Å². The zero-order valence-electron chi connectivity index (χ0n) is 9.44. The van der Waals surface area contributed by atoms with Gasteiger partial charge >= 0.3 is 5.97 Å². The highest BCUT2D eigenvalue weighted by Gasteiger charge is 2.14.